The van der Waals surface area contributed by atoms with Crippen LogP contribution in [0.4, 0.5) is 5.69 Å². The van der Waals surface area contributed by atoms with E-state index in [0.717, 1.165) is 5.39 Å². The van der Waals surface area contributed by atoms with Crippen LogP contribution in [-0.4, -0.2) is 62.2 Å². The molecule has 1 aromatic carbocycles. The van der Waals surface area contributed by atoms with Gasteiger partial charge in [0.1, 0.15) is 24.4 Å². The highest BCUT2D eigenvalue weighted by atomic mass is 16.6. The van der Waals surface area contributed by atoms with E-state index in [1.807, 2.05) is 0 Å². The summed E-state index contributed by atoms with van der Waals surface area (Å²) in [4.78, 5) is 11.7. The first-order valence-corrected chi connectivity index (χ1v) is 7.59. The molecule has 2 aromatic rings. The minimum atomic E-state index is -1.41. The Bertz CT molecular complexity index is 792. The van der Waals surface area contributed by atoms with Crippen molar-refractivity contribution in [3.8, 4) is 0 Å². The van der Waals surface area contributed by atoms with E-state index in [1.54, 1.807) is 31.3 Å². The summed E-state index contributed by atoms with van der Waals surface area (Å²) in [5, 5.41) is 43.0. The molecule has 8 nitrogen and oxygen atoms in total. The third kappa shape index (κ3) is 2.90. The smallest absolute Gasteiger partial charge is 0.250 e. The van der Waals surface area contributed by atoms with E-state index in [2.05, 4.69) is 5.32 Å². The Kier molecular flexibility index (Phi) is 4.57. The second kappa shape index (κ2) is 6.50. The lowest BCUT2D eigenvalue weighted by Gasteiger charge is -2.40. The molecule has 0 aliphatic carbocycles. The van der Waals surface area contributed by atoms with Gasteiger partial charge in [-0.15, -0.1) is 0 Å². The van der Waals surface area contributed by atoms with Gasteiger partial charge >= 0.3 is 0 Å². The number of nitrogens with zero attached hydrogens (tertiary/aromatic N) is 1. The summed E-state index contributed by atoms with van der Waals surface area (Å²) < 4.78 is 6.60. The number of aliphatic hydroxyl groups excluding tert-OH is 4. The number of ether oxygens (including phenoxy) is 1. The van der Waals surface area contributed by atoms with E-state index in [4.69, 9.17) is 9.84 Å². The molecule has 1 saturated heterocycles. The molecule has 2 heterocycles. The highest BCUT2D eigenvalue weighted by molar-refractivity contribution is 5.82. The van der Waals surface area contributed by atoms with Crippen LogP contribution in [0.15, 0.2) is 35.1 Å². The molecule has 5 atom stereocenters. The van der Waals surface area contributed by atoms with Crippen molar-refractivity contribution in [2.24, 2.45) is 7.05 Å². The minimum absolute atomic E-state index is 0.151. The summed E-state index contributed by atoms with van der Waals surface area (Å²) in [7, 11) is 1.65. The first-order chi connectivity index (χ1) is 11.4. The van der Waals surface area contributed by atoms with E-state index in [-0.39, 0.29) is 5.56 Å². The molecule has 2 unspecified atom stereocenters. The highest BCUT2D eigenvalue weighted by Crippen LogP contribution is 2.24. The number of fused-ring (bicyclic) bond motifs is 1. The molecule has 0 spiro atoms. The van der Waals surface area contributed by atoms with Gasteiger partial charge in [-0.05, 0) is 23.6 Å². The van der Waals surface area contributed by atoms with Gasteiger partial charge < -0.3 is 35.0 Å². The lowest BCUT2D eigenvalue weighted by atomic mass is 9.97. The molecule has 8 heteroatoms. The van der Waals surface area contributed by atoms with Crippen LogP contribution in [0.5, 0.6) is 0 Å². The summed E-state index contributed by atoms with van der Waals surface area (Å²) in [6.45, 7) is -0.514. The standard InChI is InChI=1S/C16H20N2O6/c1-18-10-6-9(4-2-8(10)3-5-12(18)20)17-13-15(22)14(21)11(7-19)24-16(13)23/h2-6,11,13-17,19,21-23H,7H2,1H3/t11?,13?,14-,15-,16-/m0/s1. The van der Waals surface area contributed by atoms with Gasteiger partial charge in [-0.25, -0.2) is 0 Å². The number of aromatic nitrogens is 1. The van der Waals surface area contributed by atoms with E-state index in [9.17, 15) is 20.1 Å². The zero-order valence-electron chi connectivity index (χ0n) is 13.0. The molecular formula is C16H20N2O6. The second-order valence-corrected chi connectivity index (χ2v) is 5.90. The Labute approximate surface area is 137 Å². The molecule has 1 aromatic heterocycles. The normalized spacial score (nSPS) is 30.5. The van der Waals surface area contributed by atoms with Gasteiger partial charge in [0, 0.05) is 18.8 Å². The molecule has 130 valence electrons. The maximum Gasteiger partial charge on any atom is 0.250 e. The molecule has 0 radical (unpaired) electrons. The van der Waals surface area contributed by atoms with Crippen molar-refractivity contribution in [1.82, 2.24) is 4.57 Å². The average molecular weight is 336 g/mol. The zero-order valence-corrected chi connectivity index (χ0v) is 13.0. The van der Waals surface area contributed by atoms with Crippen molar-refractivity contribution < 1.29 is 25.2 Å². The number of benzene rings is 1. The van der Waals surface area contributed by atoms with Crippen LogP contribution >= 0.6 is 0 Å². The van der Waals surface area contributed by atoms with Gasteiger partial charge in [0.2, 0.25) is 0 Å². The fourth-order valence-corrected chi connectivity index (χ4v) is 2.90. The van der Waals surface area contributed by atoms with Crippen LogP contribution in [0, 0.1) is 0 Å². The zero-order chi connectivity index (χ0) is 17.4. The number of anilines is 1. The van der Waals surface area contributed by atoms with Crippen LogP contribution in [0.25, 0.3) is 10.9 Å². The van der Waals surface area contributed by atoms with Crippen molar-refractivity contribution in [1.29, 1.82) is 0 Å². The number of rotatable bonds is 3. The van der Waals surface area contributed by atoms with Crippen molar-refractivity contribution in [3.63, 3.8) is 0 Å². The van der Waals surface area contributed by atoms with Gasteiger partial charge in [-0.1, -0.05) is 6.07 Å². The van der Waals surface area contributed by atoms with Crippen LogP contribution in [0.1, 0.15) is 0 Å². The molecule has 5 N–H and O–H groups in total. The van der Waals surface area contributed by atoms with Crippen molar-refractivity contribution >= 4 is 16.6 Å². The lowest BCUT2D eigenvalue weighted by molar-refractivity contribution is -0.245. The molecule has 0 bridgehead atoms. The monoisotopic (exact) mass is 336 g/mol. The number of hydrogen-bond acceptors (Lipinski definition) is 7. The third-order valence-electron chi connectivity index (χ3n) is 4.36. The number of aliphatic hydroxyl groups is 4. The SMILES string of the molecule is Cn1c(=O)ccc2ccc(NC3[C@@H](O)OC(CO)[C@H](O)[C@H]3O)cc21. The van der Waals surface area contributed by atoms with E-state index >= 15 is 0 Å². The summed E-state index contributed by atoms with van der Waals surface area (Å²) in [6.07, 6.45) is -5.12. The Morgan fingerprint density at radius 3 is 2.58 bits per heavy atom. The molecule has 0 saturated carbocycles. The Morgan fingerprint density at radius 1 is 1.17 bits per heavy atom. The van der Waals surface area contributed by atoms with E-state index in [1.165, 1.54) is 10.6 Å². The second-order valence-electron chi connectivity index (χ2n) is 5.90. The van der Waals surface area contributed by atoms with Crippen molar-refractivity contribution in [3.05, 3.63) is 40.7 Å². The van der Waals surface area contributed by atoms with Crippen LogP contribution < -0.4 is 10.9 Å². The minimum Gasteiger partial charge on any atom is -0.394 e. The van der Waals surface area contributed by atoms with Crippen LogP contribution in [0.3, 0.4) is 0 Å². The van der Waals surface area contributed by atoms with Gasteiger partial charge in [0.05, 0.1) is 12.1 Å². The Balaban J connectivity index is 1.89. The van der Waals surface area contributed by atoms with Gasteiger partial charge in [-0.2, -0.15) is 0 Å². The summed E-state index contributed by atoms with van der Waals surface area (Å²) in [5.74, 6) is 0. The van der Waals surface area contributed by atoms with Crippen molar-refractivity contribution in [2.75, 3.05) is 11.9 Å². The van der Waals surface area contributed by atoms with E-state index < -0.39 is 37.3 Å². The first-order valence-electron chi connectivity index (χ1n) is 7.59. The molecule has 24 heavy (non-hydrogen) atoms. The molecule has 1 aliphatic heterocycles. The fraction of sp³-hybridized carbons (Fsp3) is 0.438. The highest BCUT2D eigenvalue weighted by Gasteiger charge is 2.43. The molecule has 3 rings (SSSR count). The summed E-state index contributed by atoms with van der Waals surface area (Å²) in [5.41, 5.74) is 1.08. The third-order valence-corrected chi connectivity index (χ3v) is 4.36. The molecular weight excluding hydrogens is 316 g/mol. The van der Waals surface area contributed by atoms with Gasteiger partial charge in [0.15, 0.2) is 6.29 Å². The van der Waals surface area contributed by atoms with Gasteiger partial charge in [-0.3, -0.25) is 4.79 Å². The largest absolute Gasteiger partial charge is 0.394 e. The quantitative estimate of drug-likeness (QED) is 0.474. The van der Waals surface area contributed by atoms with Crippen LogP contribution in [-0.2, 0) is 11.8 Å². The fourth-order valence-electron chi connectivity index (χ4n) is 2.90. The van der Waals surface area contributed by atoms with E-state index in [0.29, 0.717) is 11.2 Å². The predicted octanol–water partition coefficient (Wildman–Crippen LogP) is -1.25. The number of nitrogens with one attached hydrogen (secondary N) is 1. The predicted molar refractivity (Wildman–Crippen MR) is 86.6 cm³/mol. The maximum absolute atomic E-state index is 11.7. The average Bonchev–Trinajstić information content (AvgIpc) is 2.58. The number of pyridine rings is 1. The molecule has 1 fully saturated rings. The summed E-state index contributed by atoms with van der Waals surface area (Å²) in [6, 6.07) is 7.44. The summed E-state index contributed by atoms with van der Waals surface area (Å²) >= 11 is 0. The van der Waals surface area contributed by atoms with Crippen molar-refractivity contribution in [2.45, 2.75) is 30.6 Å². The molecule has 1 aliphatic rings. The van der Waals surface area contributed by atoms with Gasteiger partial charge in [0.25, 0.3) is 5.56 Å². The Hall–Kier alpha value is -1.97. The lowest BCUT2D eigenvalue weighted by Crippen LogP contribution is -2.61. The Morgan fingerprint density at radius 2 is 1.88 bits per heavy atom. The van der Waals surface area contributed by atoms with Crippen LogP contribution in [0.2, 0.25) is 0 Å². The molecule has 0 amide bonds. The first kappa shape index (κ1) is 16.9. The topological polar surface area (TPSA) is 124 Å². The number of hydrogen-bond donors (Lipinski definition) is 5. The number of aryl methyl sites for hydroxylation is 1. The maximum atomic E-state index is 11.7.